The van der Waals surface area contributed by atoms with Crippen molar-refractivity contribution in [1.29, 1.82) is 0 Å². The molecule has 1 aliphatic rings. The van der Waals surface area contributed by atoms with E-state index in [2.05, 4.69) is 39.8 Å². The zero-order valence-electron chi connectivity index (χ0n) is 16.9. The van der Waals surface area contributed by atoms with Gasteiger partial charge in [-0.3, -0.25) is 0 Å². The monoisotopic (exact) mass is 380 g/mol. The first-order chi connectivity index (χ1) is 13.0. The molecule has 0 radical (unpaired) electrons. The summed E-state index contributed by atoms with van der Waals surface area (Å²) < 4.78 is 0. The molecule has 3 N–H and O–H groups in total. The minimum Gasteiger partial charge on any atom is -0.507 e. The standard InChI is InChI=1S/C24H28O4/c1-23(2)11-12-24(3,4)19-14-16(7-9-18(19)23)20(25)10-6-15-5-8-17(22(27)28)21(26)13-15/h5-10,13-14,20,25-26H,11-12H2,1-4H3,(H,27,28)/b10-6+. The van der Waals surface area contributed by atoms with E-state index in [0.717, 1.165) is 18.4 Å². The molecular weight excluding hydrogens is 352 g/mol. The number of aromatic hydroxyl groups is 1. The van der Waals surface area contributed by atoms with Gasteiger partial charge in [-0.05, 0) is 58.1 Å². The number of carboxylic acid groups (broad SMARTS) is 1. The molecule has 2 aromatic rings. The molecule has 0 saturated heterocycles. The van der Waals surface area contributed by atoms with Crippen molar-refractivity contribution in [2.45, 2.75) is 57.5 Å². The maximum Gasteiger partial charge on any atom is 0.339 e. The summed E-state index contributed by atoms with van der Waals surface area (Å²) in [7, 11) is 0. The Morgan fingerprint density at radius 2 is 1.64 bits per heavy atom. The van der Waals surface area contributed by atoms with Gasteiger partial charge >= 0.3 is 5.97 Å². The van der Waals surface area contributed by atoms with E-state index in [1.54, 1.807) is 18.2 Å². The van der Waals surface area contributed by atoms with Crippen molar-refractivity contribution in [2.75, 3.05) is 0 Å². The Kier molecular flexibility index (Phi) is 5.11. The quantitative estimate of drug-likeness (QED) is 0.682. The molecule has 28 heavy (non-hydrogen) atoms. The minimum atomic E-state index is -1.17. The predicted octanol–water partition coefficient (Wildman–Crippen LogP) is 5.19. The van der Waals surface area contributed by atoms with Gasteiger partial charge in [0.25, 0.3) is 0 Å². The highest BCUT2D eigenvalue weighted by molar-refractivity contribution is 5.91. The van der Waals surface area contributed by atoms with Crippen LogP contribution in [0.1, 0.15) is 79.3 Å². The van der Waals surface area contributed by atoms with Gasteiger partial charge in [0.2, 0.25) is 0 Å². The van der Waals surface area contributed by atoms with Crippen LogP contribution in [0.3, 0.4) is 0 Å². The van der Waals surface area contributed by atoms with Crippen LogP contribution in [0.15, 0.2) is 42.5 Å². The zero-order valence-corrected chi connectivity index (χ0v) is 16.9. The summed E-state index contributed by atoms with van der Waals surface area (Å²) in [5, 5.41) is 29.4. The number of carbonyl (C=O) groups is 1. The minimum absolute atomic E-state index is 0.0722. The molecule has 4 heteroatoms. The zero-order chi connectivity index (χ0) is 20.7. The third-order valence-electron chi connectivity index (χ3n) is 5.94. The number of phenols is 1. The van der Waals surface area contributed by atoms with Gasteiger partial charge in [0.15, 0.2) is 0 Å². The van der Waals surface area contributed by atoms with Crippen LogP contribution >= 0.6 is 0 Å². The lowest BCUT2D eigenvalue weighted by Crippen LogP contribution is -2.33. The highest BCUT2D eigenvalue weighted by Crippen LogP contribution is 2.46. The van der Waals surface area contributed by atoms with Crippen molar-refractivity contribution in [3.05, 3.63) is 70.3 Å². The maximum absolute atomic E-state index is 11.0. The summed E-state index contributed by atoms with van der Waals surface area (Å²) in [6.07, 6.45) is 4.80. The first-order valence-electron chi connectivity index (χ1n) is 9.59. The topological polar surface area (TPSA) is 77.8 Å². The van der Waals surface area contributed by atoms with Gasteiger partial charge in [0.05, 0.1) is 6.10 Å². The Morgan fingerprint density at radius 1 is 1.00 bits per heavy atom. The Labute approximate surface area is 166 Å². The fourth-order valence-electron chi connectivity index (χ4n) is 3.94. The van der Waals surface area contributed by atoms with Gasteiger partial charge < -0.3 is 15.3 Å². The highest BCUT2D eigenvalue weighted by Gasteiger charge is 2.37. The van der Waals surface area contributed by atoms with E-state index in [4.69, 9.17) is 5.11 Å². The molecule has 0 saturated carbocycles. The lowest BCUT2D eigenvalue weighted by molar-refractivity contribution is 0.0693. The second kappa shape index (κ2) is 7.10. The van der Waals surface area contributed by atoms with Gasteiger partial charge in [-0.1, -0.05) is 64.1 Å². The van der Waals surface area contributed by atoms with Crippen LogP contribution in [0, 0.1) is 0 Å². The molecular formula is C24H28O4. The molecule has 0 fully saturated rings. The van der Waals surface area contributed by atoms with E-state index in [1.165, 1.54) is 23.3 Å². The molecule has 1 aliphatic carbocycles. The van der Waals surface area contributed by atoms with E-state index in [-0.39, 0.29) is 22.1 Å². The van der Waals surface area contributed by atoms with E-state index in [0.29, 0.717) is 5.56 Å². The molecule has 1 unspecified atom stereocenters. The molecule has 0 aromatic heterocycles. The summed E-state index contributed by atoms with van der Waals surface area (Å²) in [5.74, 6) is -1.46. The SMILES string of the molecule is CC1(C)CCC(C)(C)c2cc(C(O)/C=C/c3ccc(C(=O)O)c(O)c3)ccc21. The van der Waals surface area contributed by atoms with Crippen molar-refractivity contribution in [3.8, 4) is 5.75 Å². The average Bonchev–Trinajstić information content (AvgIpc) is 2.63. The maximum atomic E-state index is 11.0. The third kappa shape index (κ3) is 3.83. The molecule has 0 amide bonds. The van der Waals surface area contributed by atoms with Gasteiger partial charge in [-0.25, -0.2) is 4.79 Å². The number of rotatable bonds is 4. The van der Waals surface area contributed by atoms with Gasteiger partial charge in [-0.15, -0.1) is 0 Å². The molecule has 0 spiro atoms. The van der Waals surface area contributed by atoms with Gasteiger partial charge in [0, 0.05) is 0 Å². The van der Waals surface area contributed by atoms with Crippen LogP contribution in [-0.4, -0.2) is 21.3 Å². The van der Waals surface area contributed by atoms with E-state index >= 15 is 0 Å². The number of fused-ring (bicyclic) bond motifs is 1. The van der Waals surface area contributed by atoms with E-state index in [9.17, 15) is 15.0 Å². The lowest BCUT2D eigenvalue weighted by Gasteiger charge is -2.42. The molecule has 0 bridgehead atoms. The molecule has 148 valence electrons. The number of carboxylic acids is 1. The largest absolute Gasteiger partial charge is 0.507 e. The van der Waals surface area contributed by atoms with Crippen LogP contribution in [0.4, 0.5) is 0 Å². The number of aliphatic hydroxyl groups excluding tert-OH is 1. The van der Waals surface area contributed by atoms with Crippen LogP contribution in [0.5, 0.6) is 5.75 Å². The summed E-state index contributed by atoms with van der Waals surface area (Å²) >= 11 is 0. The molecule has 4 nitrogen and oxygen atoms in total. The number of hydrogen-bond donors (Lipinski definition) is 3. The second-order valence-corrected chi connectivity index (χ2v) is 8.96. The molecule has 2 aromatic carbocycles. The fourth-order valence-corrected chi connectivity index (χ4v) is 3.94. The molecule has 0 heterocycles. The summed E-state index contributed by atoms with van der Waals surface area (Å²) in [6.45, 7) is 9.04. The van der Waals surface area contributed by atoms with E-state index < -0.39 is 12.1 Å². The summed E-state index contributed by atoms with van der Waals surface area (Å²) in [5.41, 5.74) is 4.15. The van der Waals surface area contributed by atoms with E-state index in [1.807, 2.05) is 6.07 Å². The van der Waals surface area contributed by atoms with Crippen molar-refractivity contribution in [3.63, 3.8) is 0 Å². The first kappa shape index (κ1) is 20.2. The molecule has 1 atom stereocenters. The van der Waals surface area contributed by atoms with Crippen molar-refractivity contribution >= 4 is 12.0 Å². The van der Waals surface area contributed by atoms with Crippen LogP contribution in [-0.2, 0) is 10.8 Å². The summed E-state index contributed by atoms with van der Waals surface area (Å²) in [6, 6.07) is 10.6. The van der Waals surface area contributed by atoms with Crippen LogP contribution in [0.2, 0.25) is 0 Å². The van der Waals surface area contributed by atoms with Crippen molar-refractivity contribution in [2.24, 2.45) is 0 Å². The number of aliphatic hydroxyl groups is 1. The Bertz CT molecular complexity index is 938. The summed E-state index contributed by atoms with van der Waals surface area (Å²) in [4.78, 5) is 11.0. The number of aromatic carboxylic acids is 1. The van der Waals surface area contributed by atoms with Gasteiger partial charge in [-0.2, -0.15) is 0 Å². The van der Waals surface area contributed by atoms with Crippen LogP contribution < -0.4 is 0 Å². The highest BCUT2D eigenvalue weighted by atomic mass is 16.4. The second-order valence-electron chi connectivity index (χ2n) is 8.96. The van der Waals surface area contributed by atoms with Gasteiger partial charge in [0.1, 0.15) is 11.3 Å². The normalized spacial score (nSPS) is 18.6. The third-order valence-corrected chi connectivity index (χ3v) is 5.94. The fraction of sp³-hybridized carbons (Fsp3) is 0.375. The lowest BCUT2D eigenvalue weighted by atomic mass is 9.63. The molecule has 3 rings (SSSR count). The smallest absolute Gasteiger partial charge is 0.339 e. The number of hydrogen-bond acceptors (Lipinski definition) is 3. The predicted molar refractivity (Wildman–Crippen MR) is 111 cm³/mol. The average molecular weight is 380 g/mol. The first-order valence-corrected chi connectivity index (χ1v) is 9.59. The Morgan fingerprint density at radius 3 is 2.25 bits per heavy atom. The van der Waals surface area contributed by atoms with Crippen LogP contribution in [0.25, 0.3) is 6.08 Å². The molecule has 0 aliphatic heterocycles. The Hall–Kier alpha value is -2.59. The van der Waals surface area contributed by atoms with Crippen molar-refractivity contribution in [1.82, 2.24) is 0 Å². The van der Waals surface area contributed by atoms with Crippen molar-refractivity contribution < 1.29 is 20.1 Å². The number of benzene rings is 2. The Balaban J connectivity index is 1.87.